The van der Waals surface area contributed by atoms with Crippen LogP contribution in [0.5, 0.6) is 5.75 Å². The van der Waals surface area contributed by atoms with Crippen molar-refractivity contribution in [2.75, 3.05) is 11.9 Å². The molecule has 0 unspecified atom stereocenters. The molecular weight excluding hydrogens is 394 g/mol. The van der Waals surface area contributed by atoms with E-state index in [-0.39, 0.29) is 11.4 Å². The zero-order valence-electron chi connectivity index (χ0n) is 16.4. The number of alkyl halides is 2. The summed E-state index contributed by atoms with van der Waals surface area (Å²) >= 11 is 0. The van der Waals surface area contributed by atoms with Crippen LogP contribution in [0.3, 0.4) is 0 Å². The van der Waals surface area contributed by atoms with Crippen LogP contribution >= 0.6 is 0 Å². The summed E-state index contributed by atoms with van der Waals surface area (Å²) in [6.45, 7) is 0.106. The van der Waals surface area contributed by atoms with Gasteiger partial charge in [0.05, 0.1) is 16.8 Å². The second-order valence-electron chi connectivity index (χ2n) is 6.43. The maximum absolute atomic E-state index is 12.8. The lowest BCUT2D eigenvalue weighted by atomic mass is 10.0. The van der Waals surface area contributed by atoms with Gasteiger partial charge in [-0.15, -0.1) is 0 Å². The van der Waals surface area contributed by atoms with E-state index in [4.69, 9.17) is 4.74 Å². The summed E-state index contributed by atoms with van der Waals surface area (Å²) in [6.07, 6.45) is 0.637. The molecule has 0 fully saturated rings. The van der Waals surface area contributed by atoms with Crippen LogP contribution in [0.2, 0.25) is 0 Å². The van der Waals surface area contributed by atoms with Gasteiger partial charge < -0.3 is 14.8 Å². The molecule has 30 heavy (non-hydrogen) atoms. The number of anilines is 1. The molecule has 156 valence electrons. The van der Waals surface area contributed by atoms with Crippen molar-refractivity contribution in [3.05, 3.63) is 65.4 Å². The van der Waals surface area contributed by atoms with E-state index in [0.29, 0.717) is 28.5 Å². The number of hydrogen-bond donors (Lipinski definition) is 1. The number of aromatic nitrogens is 1. The number of benzene rings is 2. The second-order valence-corrected chi connectivity index (χ2v) is 6.43. The minimum Gasteiger partial charge on any atom is -0.452 e. The zero-order valence-corrected chi connectivity index (χ0v) is 16.4. The van der Waals surface area contributed by atoms with Gasteiger partial charge in [-0.25, -0.2) is 4.79 Å². The molecule has 8 heteroatoms. The number of hydrogen-bond acceptors (Lipinski definition) is 5. The van der Waals surface area contributed by atoms with E-state index >= 15 is 0 Å². The Bertz CT molecular complexity index is 1090. The Labute approximate surface area is 171 Å². The van der Waals surface area contributed by atoms with Crippen LogP contribution < -0.4 is 10.1 Å². The van der Waals surface area contributed by atoms with Crippen molar-refractivity contribution in [1.29, 1.82) is 0 Å². The normalized spacial score (nSPS) is 10.8. The van der Waals surface area contributed by atoms with E-state index in [1.165, 1.54) is 18.2 Å². The molecule has 0 bridgehead atoms. The van der Waals surface area contributed by atoms with Crippen LogP contribution in [-0.4, -0.2) is 30.1 Å². The van der Waals surface area contributed by atoms with Gasteiger partial charge in [-0.05, 0) is 37.1 Å². The summed E-state index contributed by atoms with van der Waals surface area (Å²) < 4.78 is 34.6. The third-order valence-corrected chi connectivity index (χ3v) is 4.49. The molecule has 0 aliphatic rings. The fraction of sp³-hybridized carbons (Fsp3) is 0.227. The van der Waals surface area contributed by atoms with Gasteiger partial charge in [0.15, 0.2) is 6.61 Å². The van der Waals surface area contributed by atoms with E-state index in [9.17, 15) is 18.4 Å². The maximum atomic E-state index is 12.8. The topological polar surface area (TPSA) is 77.5 Å². The first-order chi connectivity index (χ1) is 14.4. The summed E-state index contributed by atoms with van der Waals surface area (Å²) in [5.74, 6) is -1.52. The average molecular weight is 414 g/mol. The van der Waals surface area contributed by atoms with Crippen LogP contribution in [0.1, 0.15) is 28.5 Å². The number of aryl methyl sites for hydroxylation is 1. The van der Waals surface area contributed by atoms with Crippen LogP contribution in [0.15, 0.2) is 48.5 Å². The summed E-state index contributed by atoms with van der Waals surface area (Å²) in [5, 5.41) is 3.04. The van der Waals surface area contributed by atoms with Crippen molar-refractivity contribution in [1.82, 2.24) is 4.98 Å². The third kappa shape index (κ3) is 4.71. The van der Waals surface area contributed by atoms with Gasteiger partial charge in [0, 0.05) is 11.1 Å². The molecule has 3 rings (SSSR count). The van der Waals surface area contributed by atoms with Crippen LogP contribution in [0.4, 0.5) is 14.5 Å². The Morgan fingerprint density at radius 3 is 2.53 bits per heavy atom. The number of halogens is 2. The van der Waals surface area contributed by atoms with Gasteiger partial charge in [-0.3, -0.25) is 9.78 Å². The van der Waals surface area contributed by atoms with E-state index in [1.807, 2.05) is 13.0 Å². The molecule has 1 heterocycles. The number of para-hydroxylation sites is 3. The fourth-order valence-corrected chi connectivity index (χ4v) is 3.12. The van der Waals surface area contributed by atoms with Gasteiger partial charge >= 0.3 is 12.6 Å². The molecule has 1 aromatic heterocycles. The minimum atomic E-state index is -3.03. The third-order valence-electron chi connectivity index (χ3n) is 4.49. The average Bonchev–Trinajstić information content (AvgIpc) is 2.72. The van der Waals surface area contributed by atoms with Crippen LogP contribution in [0, 0.1) is 6.92 Å². The highest BCUT2D eigenvalue weighted by Gasteiger charge is 2.20. The Morgan fingerprint density at radius 1 is 1.10 bits per heavy atom. The summed E-state index contributed by atoms with van der Waals surface area (Å²) in [5.41, 5.74) is 2.53. The first-order valence-electron chi connectivity index (χ1n) is 9.29. The molecule has 0 saturated carbocycles. The summed E-state index contributed by atoms with van der Waals surface area (Å²) in [4.78, 5) is 29.5. The van der Waals surface area contributed by atoms with E-state index < -0.39 is 25.1 Å². The second kappa shape index (κ2) is 9.30. The minimum absolute atomic E-state index is 0.0534. The van der Waals surface area contributed by atoms with Crippen LogP contribution in [0.25, 0.3) is 10.9 Å². The van der Waals surface area contributed by atoms with E-state index in [2.05, 4.69) is 15.0 Å². The molecule has 3 aromatic rings. The van der Waals surface area contributed by atoms with Crippen molar-refractivity contribution in [2.24, 2.45) is 0 Å². The number of esters is 1. The Balaban J connectivity index is 1.75. The quantitative estimate of drug-likeness (QED) is 0.576. The molecule has 2 aromatic carbocycles. The molecule has 1 N–H and O–H groups in total. The van der Waals surface area contributed by atoms with Crippen molar-refractivity contribution >= 4 is 28.5 Å². The molecule has 0 aliphatic heterocycles. The highest BCUT2D eigenvalue weighted by molar-refractivity contribution is 6.06. The summed E-state index contributed by atoms with van der Waals surface area (Å²) in [6, 6.07) is 12.9. The van der Waals surface area contributed by atoms with Crippen molar-refractivity contribution in [3.8, 4) is 5.75 Å². The Hall–Kier alpha value is -3.55. The molecule has 0 atom stereocenters. The smallest absolute Gasteiger partial charge is 0.387 e. The Morgan fingerprint density at radius 2 is 1.80 bits per heavy atom. The monoisotopic (exact) mass is 414 g/mol. The molecule has 0 saturated heterocycles. The first-order valence-corrected chi connectivity index (χ1v) is 9.29. The predicted molar refractivity (Wildman–Crippen MR) is 108 cm³/mol. The van der Waals surface area contributed by atoms with Gasteiger partial charge in [0.2, 0.25) is 0 Å². The number of amides is 1. The van der Waals surface area contributed by atoms with Crippen LogP contribution in [-0.2, 0) is 16.0 Å². The van der Waals surface area contributed by atoms with Crippen molar-refractivity contribution in [3.63, 3.8) is 0 Å². The Kier molecular flexibility index (Phi) is 6.56. The molecule has 0 aliphatic carbocycles. The lowest BCUT2D eigenvalue weighted by Crippen LogP contribution is -2.22. The van der Waals surface area contributed by atoms with Crippen molar-refractivity contribution < 1.29 is 27.8 Å². The first kappa shape index (κ1) is 21.2. The van der Waals surface area contributed by atoms with E-state index in [1.54, 1.807) is 31.2 Å². The van der Waals surface area contributed by atoms with Gasteiger partial charge in [-0.2, -0.15) is 8.78 Å². The maximum Gasteiger partial charge on any atom is 0.387 e. The van der Waals surface area contributed by atoms with E-state index in [0.717, 1.165) is 5.69 Å². The predicted octanol–water partition coefficient (Wildman–Crippen LogP) is 4.50. The van der Waals surface area contributed by atoms with Crippen molar-refractivity contribution in [2.45, 2.75) is 26.9 Å². The molecule has 0 spiro atoms. The number of ether oxygens (including phenoxy) is 2. The number of fused-ring (bicyclic) bond motifs is 1. The van der Waals surface area contributed by atoms with Gasteiger partial charge in [0.25, 0.3) is 5.91 Å². The lowest BCUT2D eigenvalue weighted by molar-refractivity contribution is -0.119. The van der Waals surface area contributed by atoms with Gasteiger partial charge in [0.1, 0.15) is 5.75 Å². The highest BCUT2D eigenvalue weighted by atomic mass is 19.3. The molecular formula is C22H20F2N2O4. The summed E-state index contributed by atoms with van der Waals surface area (Å²) in [7, 11) is 0. The number of carbonyl (C=O) groups is 2. The number of nitrogens with one attached hydrogen (secondary N) is 1. The molecule has 0 radical (unpaired) electrons. The largest absolute Gasteiger partial charge is 0.452 e. The standard InChI is InChI=1S/C22H20F2N2O4/c1-3-15-13(2)20(14-8-4-5-9-16(14)25-15)21(28)29-12-19(27)26-17-10-6-7-11-18(17)30-22(23)24/h4-11,22H,3,12H2,1-2H3,(H,26,27). The number of pyridine rings is 1. The lowest BCUT2D eigenvalue weighted by Gasteiger charge is -2.14. The van der Waals surface area contributed by atoms with Gasteiger partial charge in [-0.1, -0.05) is 37.3 Å². The highest BCUT2D eigenvalue weighted by Crippen LogP contribution is 2.26. The molecule has 1 amide bonds. The number of nitrogens with zero attached hydrogens (tertiary/aromatic N) is 1. The SMILES string of the molecule is CCc1nc2ccccc2c(C(=O)OCC(=O)Nc2ccccc2OC(F)F)c1C. The number of carbonyl (C=O) groups excluding carboxylic acids is 2. The number of rotatable bonds is 7. The fourth-order valence-electron chi connectivity index (χ4n) is 3.12. The zero-order chi connectivity index (χ0) is 21.7. The molecule has 6 nitrogen and oxygen atoms in total.